The molecule has 3 rings (SSSR count). The molecule has 2 aromatic heterocycles. The highest BCUT2D eigenvalue weighted by atomic mass is 32.1. The highest BCUT2D eigenvalue weighted by Crippen LogP contribution is 2.28. The Balaban J connectivity index is 2.03. The standard InChI is InChI=1S/C19H21N3O3S/c1-3-21(9-10-23)19(25)16-13(2)15-17(26-16)20-12-22(18(15)24)11-14-7-5-4-6-8-14/h4-8,12,23H,3,9-11H2,1-2H3. The first kappa shape index (κ1) is 18.3. The quantitative estimate of drug-likeness (QED) is 0.721. The summed E-state index contributed by atoms with van der Waals surface area (Å²) >= 11 is 1.23. The lowest BCUT2D eigenvalue weighted by Gasteiger charge is -2.19. The molecule has 1 N–H and O–H groups in total. The van der Waals surface area contributed by atoms with E-state index >= 15 is 0 Å². The molecule has 0 aliphatic rings. The molecule has 136 valence electrons. The van der Waals surface area contributed by atoms with Crippen molar-refractivity contribution in [2.75, 3.05) is 19.7 Å². The van der Waals surface area contributed by atoms with E-state index in [-0.39, 0.29) is 24.6 Å². The van der Waals surface area contributed by atoms with Gasteiger partial charge in [-0.2, -0.15) is 0 Å². The van der Waals surface area contributed by atoms with Crippen molar-refractivity contribution in [2.45, 2.75) is 20.4 Å². The van der Waals surface area contributed by atoms with E-state index in [1.165, 1.54) is 17.7 Å². The van der Waals surface area contributed by atoms with E-state index in [1.54, 1.807) is 16.4 Å². The predicted octanol–water partition coefficient (Wildman–Crippen LogP) is 2.27. The fourth-order valence-electron chi connectivity index (χ4n) is 2.92. The van der Waals surface area contributed by atoms with Gasteiger partial charge in [0.05, 0.1) is 29.7 Å². The van der Waals surface area contributed by atoms with Crippen LogP contribution in [0, 0.1) is 6.92 Å². The largest absolute Gasteiger partial charge is 0.395 e. The molecule has 26 heavy (non-hydrogen) atoms. The Morgan fingerprint density at radius 1 is 1.31 bits per heavy atom. The number of benzene rings is 1. The molecule has 0 aliphatic carbocycles. The summed E-state index contributed by atoms with van der Waals surface area (Å²) in [4.78, 5) is 32.7. The van der Waals surface area contributed by atoms with Crippen LogP contribution in [-0.4, -0.2) is 45.2 Å². The van der Waals surface area contributed by atoms with E-state index in [1.807, 2.05) is 37.3 Å². The van der Waals surface area contributed by atoms with E-state index < -0.39 is 0 Å². The number of aliphatic hydroxyl groups is 1. The molecule has 3 aromatic rings. The fourth-order valence-corrected chi connectivity index (χ4v) is 4.03. The minimum atomic E-state index is -0.170. The first-order chi connectivity index (χ1) is 12.6. The van der Waals surface area contributed by atoms with Crippen molar-refractivity contribution in [1.82, 2.24) is 14.5 Å². The van der Waals surface area contributed by atoms with Gasteiger partial charge in [0.25, 0.3) is 11.5 Å². The van der Waals surface area contributed by atoms with Gasteiger partial charge in [0.1, 0.15) is 4.83 Å². The van der Waals surface area contributed by atoms with Gasteiger partial charge in [-0.3, -0.25) is 14.2 Å². The highest BCUT2D eigenvalue weighted by molar-refractivity contribution is 7.20. The molecule has 0 spiro atoms. The second-order valence-corrected chi connectivity index (χ2v) is 7.01. The van der Waals surface area contributed by atoms with Gasteiger partial charge in [0.2, 0.25) is 0 Å². The van der Waals surface area contributed by atoms with Crippen molar-refractivity contribution >= 4 is 27.5 Å². The topological polar surface area (TPSA) is 75.4 Å². The number of nitrogens with zero attached hydrogens (tertiary/aromatic N) is 3. The molecule has 1 amide bonds. The van der Waals surface area contributed by atoms with E-state index in [0.717, 1.165) is 5.56 Å². The summed E-state index contributed by atoms with van der Waals surface area (Å²) < 4.78 is 1.57. The second-order valence-electron chi connectivity index (χ2n) is 6.01. The summed E-state index contributed by atoms with van der Waals surface area (Å²) in [6, 6.07) is 9.71. The van der Waals surface area contributed by atoms with Crippen molar-refractivity contribution in [3.8, 4) is 0 Å². The van der Waals surface area contributed by atoms with Crippen LogP contribution in [0.25, 0.3) is 10.2 Å². The summed E-state index contributed by atoms with van der Waals surface area (Å²) in [6.07, 6.45) is 1.53. The molecule has 0 radical (unpaired) electrons. The molecule has 0 fully saturated rings. The third-order valence-electron chi connectivity index (χ3n) is 4.35. The number of hydrogen-bond acceptors (Lipinski definition) is 5. The van der Waals surface area contributed by atoms with Crippen LogP contribution in [0.1, 0.15) is 27.7 Å². The lowest BCUT2D eigenvalue weighted by molar-refractivity contribution is 0.0736. The smallest absolute Gasteiger partial charge is 0.264 e. The first-order valence-electron chi connectivity index (χ1n) is 8.49. The number of aryl methyl sites for hydroxylation is 1. The molecule has 1 aromatic carbocycles. The fraction of sp³-hybridized carbons (Fsp3) is 0.316. The van der Waals surface area contributed by atoms with E-state index in [2.05, 4.69) is 4.98 Å². The average molecular weight is 371 g/mol. The minimum absolute atomic E-state index is 0.0916. The summed E-state index contributed by atoms with van der Waals surface area (Å²) in [5, 5.41) is 9.63. The van der Waals surface area contributed by atoms with Crippen molar-refractivity contribution in [2.24, 2.45) is 0 Å². The number of carbonyl (C=O) groups is 1. The van der Waals surface area contributed by atoms with Gasteiger partial charge in [-0.1, -0.05) is 30.3 Å². The molecule has 6 nitrogen and oxygen atoms in total. The van der Waals surface area contributed by atoms with Crippen LogP contribution in [0.4, 0.5) is 0 Å². The van der Waals surface area contributed by atoms with Gasteiger partial charge < -0.3 is 10.0 Å². The number of aromatic nitrogens is 2. The van der Waals surface area contributed by atoms with Gasteiger partial charge in [-0.25, -0.2) is 4.98 Å². The third kappa shape index (κ3) is 3.40. The third-order valence-corrected chi connectivity index (χ3v) is 5.53. The molecular formula is C19H21N3O3S. The maximum atomic E-state index is 12.9. The van der Waals surface area contributed by atoms with Crippen molar-refractivity contribution in [3.63, 3.8) is 0 Å². The van der Waals surface area contributed by atoms with Crippen LogP contribution in [0.5, 0.6) is 0 Å². The van der Waals surface area contributed by atoms with Crippen molar-refractivity contribution in [1.29, 1.82) is 0 Å². The molecule has 2 heterocycles. The van der Waals surface area contributed by atoms with Gasteiger partial charge in [-0.05, 0) is 25.0 Å². The number of likely N-dealkylation sites (N-methyl/N-ethyl adjacent to an activating group) is 1. The van der Waals surface area contributed by atoms with Gasteiger partial charge >= 0.3 is 0 Å². The molecular weight excluding hydrogens is 350 g/mol. The maximum absolute atomic E-state index is 12.9. The van der Waals surface area contributed by atoms with Crippen LogP contribution in [-0.2, 0) is 6.54 Å². The Kier molecular flexibility index (Phi) is 5.49. The van der Waals surface area contributed by atoms with Crippen LogP contribution in [0.3, 0.4) is 0 Å². The number of hydrogen-bond donors (Lipinski definition) is 1. The Morgan fingerprint density at radius 3 is 2.69 bits per heavy atom. The van der Waals surface area contributed by atoms with Crippen LogP contribution in [0.15, 0.2) is 41.5 Å². The molecule has 0 aliphatic heterocycles. The zero-order valence-corrected chi connectivity index (χ0v) is 15.6. The summed E-state index contributed by atoms with van der Waals surface area (Å²) in [5.74, 6) is -0.170. The SMILES string of the molecule is CCN(CCO)C(=O)c1sc2ncn(Cc3ccccc3)c(=O)c2c1C. The van der Waals surface area contributed by atoms with Crippen LogP contribution in [0.2, 0.25) is 0 Å². The highest BCUT2D eigenvalue weighted by Gasteiger charge is 2.22. The second kappa shape index (κ2) is 7.80. The molecule has 0 saturated heterocycles. The number of carbonyl (C=O) groups excluding carboxylic acids is 1. The number of amides is 1. The number of thiophene rings is 1. The lowest BCUT2D eigenvalue weighted by atomic mass is 10.2. The van der Waals surface area contributed by atoms with Gasteiger partial charge in [-0.15, -0.1) is 11.3 Å². The average Bonchev–Trinajstić information content (AvgIpc) is 2.99. The molecule has 0 atom stereocenters. The minimum Gasteiger partial charge on any atom is -0.395 e. The Bertz CT molecular complexity index is 979. The number of rotatable bonds is 6. The van der Waals surface area contributed by atoms with Crippen LogP contribution >= 0.6 is 11.3 Å². The summed E-state index contributed by atoms with van der Waals surface area (Å²) in [6.45, 7) is 4.77. The van der Waals surface area contributed by atoms with E-state index in [4.69, 9.17) is 5.11 Å². The van der Waals surface area contributed by atoms with E-state index in [0.29, 0.717) is 33.7 Å². The van der Waals surface area contributed by atoms with E-state index in [9.17, 15) is 9.59 Å². The summed E-state index contributed by atoms with van der Waals surface area (Å²) in [5.41, 5.74) is 1.53. The Hall–Kier alpha value is -2.51. The maximum Gasteiger partial charge on any atom is 0.264 e. The molecule has 7 heteroatoms. The predicted molar refractivity (Wildman–Crippen MR) is 103 cm³/mol. The van der Waals surface area contributed by atoms with Gasteiger partial charge in [0, 0.05) is 13.1 Å². The lowest BCUT2D eigenvalue weighted by Crippen LogP contribution is -2.33. The summed E-state index contributed by atoms with van der Waals surface area (Å²) in [7, 11) is 0. The normalized spacial score (nSPS) is 11.0. The van der Waals surface area contributed by atoms with Gasteiger partial charge in [0.15, 0.2) is 0 Å². The van der Waals surface area contributed by atoms with Crippen molar-refractivity contribution in [3.05, 3.63) is 63.0 Å². The number of fused-ring (bicyclic) bond motifs is 1. The molecule has 0 bridgehead atoms. The first-order valence-corrected chi connectivity index (χ1v) is 9.31. The van der Waals surface area contributed by atoms with Crippen molar-refractivity contribution < 1.29 is 9.90 Å². The Morgan fingerprint density at radius 2 is 2.04 bits per heavy atom. The number of aliphatic hydroxyl groups excluding tert-OH is 1. The zero-order chi connectivity index (χ0) is 18.7. The molecule has 0 saturated carbocycles. The molecule has 0 unspecified atom stereocenters. The Labute approximate surface area is 155 Å². The monoisotopic (exact) mass is 371 g/mol. The van der Waals surface area contributed by atoms with Crippen LogP contribution < -0.4 is 5.56 Å². The zero-order valence-electron chi connectivity index (χ0n) is 14.8.